The Bertz CT molecular complexity index is 552. The van der Waals surface area contributed by atoms with Crippen LogP contribution in [0.2, 0.25) is 0 Å². The van der Waals surface area contributed by atoms with Gasteiger partial charge in [0.25, 0.3) is 0 Å². The van der Waals surface area contributed by atoms with Crippen LogP contribution in [-0.2, 0) is 11.2 Å². The average molecular weight is 269 g/mol. The molecule has 3 heteroatoms. The fourth-order valence-corrected chi connectivity index (χ4v) is 1.92. The highest BCUT2D eigenvalue weighted by atomic mass is 16.5. The Hall–Kier alpha value is -2.29. The second kappa shape index (κ2) is 7.34. The van der Waals surface area contributed by atoms with Gasteiger partial charge in [-0.2, -0.15) is 0 Å². The van der Waals surface area contributed by atoms with E-state index in [1.165, 1.54) is 0 Å². The molecular weight excluding hydrogens is 250 g/mol. The van der Waals surface area contributed by atoms with Crippen molar-refractivity contribution in [1.82, 2.24) is 5.32 Å². The first-order chi connectivity index (χ1) is 9.75. The summed E-state index contributed by atoms with van der Waals surface area (Å²) < 4.78 is 5.52. The van der Waals surface area contributed by atoms with Crippen LogP contribution in [0.4, 0.5) is 0 Å². The van der Waals surface area contributed by atoms with Crippen molar-refractivity contribution in [2.45, 2.75) is 13.3 Å². The zero-order chi connectivity index (χ0) is 14.2. The Balaban J connectivity index is 1.69. The zero-order valence-electron chi connectivity index (χ0n) is 11.6. The van der Waals surface area contributed by atoms with E-state index in [1.807, 2.05) is 61.5 Å². The lowest BCUT2D eigenvalue weighted by atomic mass is 10.1. The van der Waals surface area contributed by atoms with E-state index in [-0.39, 0.29) is 5.91 Å². The van der Waals surface area contributed by atoms with Crippen molar-refractivity contribution in [3.8, 4) is 5.75 Å². The van der Waals surface area contributed by atoms with Gasteiger partial charge in [0.15, 0.2) is 0 Å². The number of carbonyl (C=O) groups is 1. The second-order valence-electron chi connectivity index (χ2n) is 4.61. The Morgan fingerprint density at radius 2 is 1.75 bits per heavy atom. The lowest BCUT2D eigenvalue weighted by molar-refractivity contribution is -0.120. The third-order valence-corrected chi connectivity index (χ3v) is 3.05. The Morgan fingerprint density at radius 3 is 2.50 bits per heavy atom. The minimum Gasteiger partial charge on any atom is -0.492 e. The topological polar surface area (TPSA) is 38.3 Å². The molecule has 2 aromatic carbocycles. The molecule has 0 saturated heterocycles. The molecule has 3 nitrogen and oxygen atoms in total. The van der Waals surface area contributed by atoms with Crippen molar-refractivity contribution in [1.29, 1.82) is 0 Å². The maximum atomic E-state index is 11.8. The highest BCUT2D eigenvalue weighted by Gasteiger charge is 2.04. The minimum absolute atomic E-state index is 0.0240. The van der Waals surface area contributed by atoms with Crippen LogP contribution in [0.15, 0.2) is 54.6 Å². The van der Waals surface area contributed by atoms with Crippen molar-refractivity contribution in [3.63, 3.8) is 0 Å². The SMILES string of the molecule is Cc1ccccc1CC(=O)NCCOc1ccccc1. The van der Waals surface area contributed by atoms with E-state index in [4.69, 9.17) is 4.74 Å². The Morgan fingerprint density at radius 1 is 1.05 bits per heavy atom. The van der Waals surface area contributed by atoms with Crippen molar-refractivity contribution in [2.75, 3.05) is 13.2 Å². The van der Waals surface area contributed by atoms with Crippen molar-refractivity contribution >= 4 is 5.91 Å². The number of rotatable bonds is 6. The monoisotopic (exact) mass is 269 g/mol. The van der Waals surface area contributed by atoms with E-state index in [2.05, 4.69) is 5.32 Å². The summed E-state index contributed by atoms with van der Waals surface area (Å²) in [4.78, 5) is 11.8. The van der Waals surface area contributed by atoms with Crippen LogP contribution >= 0.6 is 0 Å². The van der Waals surface area contributed by atoms with Crippen LogP contribution in [0.1, 0.15) is 11.1 Å². The number of hydrogen-bond acceptors (Lipinski definition) is 2. The second-order valence-corrected chi connectivity index (χ2v) is 4.61. The van der Waals surface area contributed by atoms with Gasteiger partial charge in [0.05, 0.1) is 13.0 Å². The molecule has 0 fully saturated rings. The van der Waals surface area contributed by atoms with Gasteiger partial charge in [-0.25, -0.2) is 0 Å². The van der Waals surface area contributed by atoms with Crippen LogP contribution in [-0.4, -0.2) is 19.1 Å². The van der Waals surface area contributed by atoms with Crippen LogP contribution in [0, 0.1) is 6.92 Å². The molecular formula is C17H19NO2. The number of hydrogen-bond donors (Lipinski definition) is 1. The number of benzene rings is 2. The van der Waals surface area contributed by atoms with Gasteiger partial charge in [-0.05, 0) is 30.2 Å². The quantitative estimate of drug-likeness (QED) is 0.819. The Kier molecular flexibility index (Phi) is 5.18. The molecule has 1 amide bonds. The van der Waals surface area contributed by atoms with Crippen molar-refractivity contribution < 1.29 is 9.53 Å². The van der Waals surface area contributed by atoms with Crippen molar-refractivity contribution in [3.05, 3.63) is 65.7 Å². The molecule has 2 rings (SSSR count). The molecule has 0 unspecified atom stereocenters. The zero-order valence-corrected chi connectivity index (χ0v) is 11.6. The summed E-state index contributed by atoms with van der Waals surface area (Å²) in [6, 6.07) is 17.5. The normalized spacial score (nSPS) is 10.1. The number of amides is 1. The van der Waals surface area contributed by atoms with Gasteiger partial charge < -0.3 is 10.1 Å². The van der Waals surface area contributed by atoms with Crippen molar-refractivity contribution in [2.24, 2.45) is 0 Å². The van der Waals surface area contributed by atoms with Crippen LogP contribution in [0.3, 0.4) is 0 Å². The van der Waals surface area contributed by atoms with Gasteiger partial charge in [-0.1, -0.05) is 42.5 Å². The smallest absolute Gasteiger partial charge is 0.224 e. The molecule has 20 heavy (non-hydrogen) atoms. The lowest BCUT2D eigenvalue weighted by Crippen LogP contribution is -2.29. The fraction of sp³-hybridized carbons (Fsp3) is 0.235. The molecule has 0 spiro atoms. The first-order valence-corrected chi connectivity index (χ1v) is 6.75. The summed E-state index contributed by atoms with van der Waals surface area (Å²) in [6.45, 7) is 3.00. The molecule has 0 radical (unpaired) electrons. The van der Waals surface area contributed by atoms with Crippen LogP contribution in [0.5, 0.6) is 5.75 Å². The summed E-state index contributed by atoms with van der Waals surface area (Å²) in [5.41, 5.74) is 2.21. The predicted octanol–water partition coefficient (Wildman–Crippen LogP) is 2.73. The third-order valence-electron chi connectivity index (χ3n) is 3.05. The summed E-state index contributed by atoms with van der Waals surface area (Å²) in [5, 5.41) is 2.86. The van der Waals surface area contributed by atoms with Gasteiger partial charge in [0.1, 0.15) is 12.4 Å². The summed E-state index contributed by atoms with van der Waals surface area (Å²) in [6.07, 6.45) is 0.415. The molecule has 0 atom stereocenters. The number of nitrogens with one attached hydrogen (secondary N) is 1. The first kappa shape index (κ1) is 14.1. The number of carbonyl (C=O) groups excluding carboxylic acids is 1. The summed E-state index contributed by atoms with van der Waals surface area (Å²) in [7, 11) is 0. The number of para-hydroxylation sites is 1. The van der Waals surface area contributed by atoms with Gasteiger partial charge in [-0.3, -0.25) is 4.79 Å². The third kappa shape index (κ3) is 4.43. The first-order valence-electron chi connectivity index (χ1n) is 6.75. The van der Waals surface area contributed by atoms with Crippen LogP contribution in [0.25, 0.3) is 0 Å². The van der Waals surface area contributed by atoms with E-state index in [0.717, 1.165) is 16.9 Å². The van der Waals surface area contributed by atoms with E-state index in [0.29, 0.717) is 19.6 Å². The molecule has 0 aliphatic heterocycles. The van der Waals surface area contributed by atoms with Gasteiger partial charge in [-0.15, -0.1) is 0 Å². The highest BCUT2D eigenvalue weighted by Crippen LogP contribution is 2.08. The van der Waals surface area contributed by atoms with E-state index < -0.39 is 0 Å². The molecule has 0 heterocycles. The Labute approximate surface area is 119 Å². The molecule has 0 aromatic heterocycles. The molecule has 0 bridgehead atoms. The maximum absolute atomic E-state index is 11.8. The molecule has 1 N–H and O–H groups in total. The lowest BCUT2D eigenvalue weighted by Gasteiger charge is -2.08. The molecule has 0 aliphatic carbocycles. The fourth-order valence-electron chi connectivity index (χ4n) is 1.92. The van der Waals surface area contributed by atoms with E-state index in [1.54, 1.807) is 0 Å². The van der Waals surface area contributed by atoms with E-state index in [9.17, 15) is 4.79 Å². The van der Waals surface area contributed by atoms with Gasteiger partial charge in [0.2, 0.25) is 5.91 Å². The summed E-state index contributed by atoms with van der Waals surface area (Å²) >= 11 is 0. The molecule has 104 valence electrons. The van der Waals surface area contributed by atoms with Gasteiger partial charge >= 0.3 is 0 Å². The molecule has 2 aromatic rings. The predicted molar refractivity (Wildman–Crippen MR) is 79.8 cm³/mol. The standard InChI is InChI=1S/C17H19NO2/c1-14-7-5-6-8-15(14)13-17(19)18-11-12-20-16-9-3-2-4-10-16/h2-10H,11-13H2,1H3,(H,18,19). The molecule has 0 saturated carbocycles. The van der Waals surface area contributed by atoms with E-state index >= 15 is 0 Å². The van der Waals surface area contributed by atoms with Crippen LogP contribution < -0.4 is 10.1 Å². The highest BCUT2D eigenvalue weighted by molar-refractivity contribution is 5.78. The van der Waals surface area contributed by atoms with Gasteiger partial charge in [0, 0.05) is 0 Å². The summed E-state index contributed by atoms with van der Waals surface area (Å²) in [5.74, 6) is 0.844. The molecule has 0 aliphatic rings. The largest absolute Gasteiger partial charge is 0.492 e. The number of ether oxygens (including phenoxy) is 1. The number of aryl methyl sites for hydroxylation is 1. The average Bonchev–Trinajstić information content (AvgIpc) is 2.47. The maximum Gasteiger partial charge on any atom is 0.224 e. The minimum atomic E-state index is 0.0240.